The lowest BCUT2D eigenvalue weighted by molar-refractivity contribution is 1.37. The Hall–Kier alpha value is -1.42. The Morgan fingerprint density at radius 1 is 1.33 bits per heavy atom. The average molecular weight is 117 g/mol. The number of H-pyrrole nitrogens is 1. The van der Waals surface area contributed by atoms with E-state index in [0.29, 0.717) is 0 Å². The lowest BCUT2D eigenvalue weighted by Gasteiger charge is -1.88. The largest absolute Gasteiger partial charge is 0.361 e. The second kappa shape index (κ2) is 1.53. The highest BCUT2D eigenvalue weighted by Crippen LogP contribution is 2.11. The van der Waals surface area contributed by atoms with Crippen LogP contribution < -0.4 is 0 Å². The molecule has 2 rings (SSSR count). The van der Waals surface area contributed by atoms with Crippen molar-refractivity contribution in [2.24, 2.45) is 0 Å². The zero-order valence-electron chi connectivity index (χ0n) is 4.81. The van der Waals surface area contributed by atoms with Crippen LogP contribution in [0.2, 0.25) is 0 Å². The highest BCUT2D eigenvalue weighted by molar-refractivity contribution is 5.65. The summed E-state index contributed by atoms with van der Waals surface area (Å²) in [7, 11) is 0. The van der Waals surface area contributed by atoms with E-state index in [1.807, 2.05) is 24.4 Å². The van der Waals surface area contributed by atoms with Gasteiger partial charge < -0.3 is 4.98 Å². The van der Waals surface area contributed by atoms with Gasteiger partial charge in [-0.1, -0.05) is 11.5 Å². The van der Waals surface area contributed by atoms with Gasteiger partial charge in [-0.2, -0.15) is 0 Å². The van der Waals surface area contributed by atoms with E-state index in [9.17, 15) is 0 Å². The molecular weight excluding hydrogens is 110 g/mol. The molecule has 1 aliphatic rings. The number of rotatable bonds is 0. The molecule has 0 radical (unpaired) electrons. The van der Waals surface area contributed by atoms with Gasteiger partial charge in [0.25, 0.3) is 0 Å². The second-order valence-electron chi connectivity index (χ2n) is 1.92. The lowest BCUT2D eigenvalue weighted by atomic mass is 10.2. The van der Waals surface area contributed by atoms with Crippen LogP contribution in [-0.4, -0.2) is 4.98 Å². The van der Waals surface area contributed by atoms with Crippen molar-refractivity contribution in [3.05, 3.63) is 35.0 Å². The maximum absolute atomic E-state index is 3.07. The Morgan fingerprint density at radius 3 is 3.11 bits per heavy atom. The van der Waals surface area contributed by atoms with Crippen LogP contribution in [-0.2, 0) is 0 Å². The maximum Gasteiger partial charge on any atom is 0.0545 e. The molecule has 0 bridgehead atoms. The summed E-state index contributed by atoms with van der Waals surface area (Å²) in [6.45, 7) is 0. The van der Waals surface area contributed by atoms with Crippen LogP contribution in [0, 0.1) is 0 Å². The standard InChI is InChI=1S/C8H5N.H2/c1-2-4-8-7(3-1)5-6-9-8;/h3-6,9H;1H. The molecule has 0 saturated carbocycles. The topological polar surface area (TPSA) is 15.8 Å². The molecule has 0 aliphatic heterocycles. The molecule has 1 heteroatoms. The van der Waals surface area contributed by atoms with E-state index in [-0.39, 0.29) is 1.43 Å². The van der Waals surface area contributed by atoms with Crippen LogP contribution in [0.25, 0.3) is 12.2 Å². The number of hydrogen-bond donors (Lipinski definition) is 1. The Balaban J connectivity index is 0.000000500. The van der Waals surface area contributed by atoms with E-state index in [4.69, 9.17) is 0 Å². The Morgan fingerprint density at radius 2 is 2.22 bits per heavy atom. The van der Waals surface area contributed by atoms with E-state index >= 15 is 0 Å². The molecule has 1 aromatic rings. The number of nitrogens with one attached hydrogen (secondary N) is 1. The smallest absolute Gasteiger partial charge is 0.0545 e. The molecule has 1 nitrogen and oxygen atoms in total. The summed E-state index contributed by atoms with van der Waals surface area (Å²) >= 11 is 0. The van der Waals surface area contributed by atoms with Crippen LogP contribution in [0.3, 0.4) is 0 Å². The van der Waals surface area contributed by atoms with Crippen molar-refractivity contribution in [3.8, 4) is 0 Å². The first-order valence-electron chi connectivity index (χ1n) is 2.82. The summed E-state index contributed by atoms with van der Waals surface area (Å²) in [4.78, 5) is 3.07. The van der Waals surface area contributed by atoms with Crippen LogP contribution >= 0.6 is 0 Å². The quantitative estimate of drug-likeness (QED) is 0.508. The van der Waals surface area contributed by atoms with Gasteiger partial charge in [0.05, 0.1) is 5.69 Å². The third-order valence-corrected chi connectivity index (χ3v) is 1.34. The third-order valence-electron chi connectivity index (χ3n) is 1.34. The van der Waals surface area contributed by atoms with Crippen molar-refractivity contribution in [1.29, 1.82) is 0 Å². The highest BCUT2D eigenvalue weighted by Gasteiger charge is 1.95. The average Bonchev–Trinajstić information content (AvgIpc) is 2.33. The zero-order valence-corrected chi connectivity index (χ0v) is 4.81. The van der Waals surface area contributed by atoms with Crippen molar-refractivity contribution in [2.75, 3.05) is 0 Å². The Kier molecular flexibility index (Phi) is 0.757. The SMILES string of the molecule is C1=C=Cc2[nH]ccc2C=1.[HH]. The minimum atomic E-state index is 0. The summed E-state index contributed by atoms with van der Waals surface area (Å²) in [6, 6.07) is 2.01. The second-order valence-corrected chi connectivity index (χ2v) is 1.92. The molecule has 0 saturated heterocycles. The van der Waals surface area contributed by atoms with Crippen molar-refractivity contribution in [3.63, 3.8) is 0 Å². The van der Waals surface area contributed by atoms with Gasteiger partial charge in [0.1, 0.15) is 0 Å². The van der Waals surface area contributed by atoms with Gasteiger partial charge >= 0.3 is 0 Å². The molecule has 1 heterocycles. The number of fused-ring (bicyclic) bond motifs is 1. The fourth-order valence-electron chi connectivity index (χ4n) is 0.878. The predicted octanol–water partition coefficient (Wildman–Crippen LogP) is 2.05. The van der Waals surface area contributed by atoms with Gasteiger partial charge in [-0.05, 0) is 12.1 Å². The first kappa shape index (κ1) is 4.46. The zero-order chi connectivity index (χ0) is 6.10. The monoisotopic (exact) mass is 117 g/mol. The van der Waals surface area contributed by atoms with Gasteiger partial charge in [0, 0.05) is 19.3 Å². The fourth-order valence-corrected chi connectivity index (χ4v) is 0.878. The summed E-state index contributed by atoms with van der Waals surface area (Å²) in [5.41, 5.74) is 8.05. The summed E-state index contributed by atoms with van der Waals surface area (Å²) in [5, 5.41) is 0. The molecule has 0 unspecified atom stereocenters. The van der Waals surface area contributed by atoms with Crippen LogP contribution in [0.15, 0.2) is 23.7 Å². The van der Waals surface area contributed by atoms with E-state index < -0.39 is 0 Å². The van der Waals surface area contributed by atoms with E-state index in [2.05, 4.69) is 16.4 Å². The van der Waals surface area contributed by atoms with Crippen molar-refractivity contribution in [2.45, 2.75) is 0 Å². The third kappa shape index (κ3) is 0.569. The molecule has 1 aromatic heterocycles. The molecule has 1 N–H and O–H groups in total. The van der Waals surface area contributed by atoms with Gasteiger partial charge in [-0.3, -0.25) is 0 Å². The maximum atomic E-state index is 3.07. The molecule has 0 spiro atoms. The van der Waals surface area contributed by atoms with Crippen molar-refractivity contribution in [1.82, 2.24) is 4.98 Å². The summed E-state index contributed by atoms with van der Waals surface area (Å²) < 4.78 is 0. The predicted molar refractivity (Wildman–Crippen MR) is 38.9 cm³/mol. The van der Waals surface area contributed by atoms with E-state index in [0.717, 1.165) is 5.69 Å². The van der Waals surface area contributed by atoms with Gasteiger partial charge in [-0.15, -0.1) is 0 Å². The number of aromatic nitrogens is 1. The highest BCUT2D eigenvalue weighted by atomic mass is 14.7. The molecule has 0 amide bonds. The first-order valence-corrected chi connectivity index (χ1v) is 2.82. The molecule has 1 aliphatic carbocycles. The van der Waals surface area contributed by atoms with E-state index in [1.54, 1.807) is 0 Å². The van der Waals surface area contributed by atoms with E-state index in [1.165, 1.54) is 5.56 Å². The fraction of sp³-hybridized carbons (Fsp3) is 0. The Bertz CT molecular complexity index is 292. The van der Waals surface area contributed by atoms with Crippen molar-refractivity contribution >= 4 is 12.2 Å². The van der Waals surface area contributed by atoms with Gasteiger partial charge in [-0.25, -0.2) is 0 Å². The summed E-state index contributed by atoms with van der Waals surface area (Å²) in [5.74, 6) is 0. The van der Waals surface area contributed by atoms with Gasteiger partial charge in [0.2, 0.25) is 0 Å². The van der Waals surface area contributed by atoms with Crippen LogP contribution in [0.4, 0.5) is 0 Å². The molecule has 44 valence electrons. The lowest BCUT2D eigenvalue weighted by Crippen LogP contribution is -1.74. The van der Waals surface area contributed by atoms with Crippen LogP contribution in [0.1, 0.15) is 12.7 Å². The normalized spacial score (nSPS) is 12.0. The first-order chi connectivity index (χ1) is 4.47. The number of hydrogen-bond acceptors (Lipinski definition) is 0. The van der Waals surface area contributed by atoms with Gasteiger partial charge in [0.15, 0.2) is 0 Å². The minimum Gasteiger partial charge on any atom is -0.361 e. The van der Waals surface area contributed by atoms with Crippen molar-refractivity contribution < 1.29 is 1.43 Å². The molecule has 9 heavy (non-hydrogen) atoms. The number of aromatic amines is 1. The molecular formula is C8H7N. The molecule has 0 atom stereocenters. The minimum absolute atomic E-state index is 0. The summed E-state index contributed by atoms with van der Waals surface area (Å²) in [6.07, 6.45) is 5.70. The van der Waals surface area contributed by atoms with Crippen LogP contribution in [0.5, 0.6) is 0 Å². The molecule has 0 fully saturated rings. The Labute approximate surface area is 54.5 Å². The molecule has 0 aromatic carbocycles.